The molecule has 1 aromatic rings. The van der Waals surface area contributed by atoms with E-state index in [-0.39, 0.29) is 25.2 Å². The smallest absolute Gasteiger partial charge is 0.410 e. The van der Waals surface area contributed by atoms with Crippen LogP contribution in [0.3, 0.4) is 0 Å². The number of likely N-dealkylation sites (tertiary alicyclic amines) is 1. The molecule has 0 radical (unpaired) electrons. The first-order valence-corrected chi connectivity index (χ1v) is 7.77. The summed E-state index contributed by atoms with van der Waals surface area (Å²) in [4.78, 5) is 16.6. The van der Waals surface area contributed by atoms with Crippen LogP contribution in [0.2, 0.25) is 0 Å². The van der Waals surface area contributed by atoms with Crippen molar-refractivity contribution in [3.8, 4) is 0 Å². The molecule has 1 atom stereocenters. The van der Waals surface area contributed by atoms with Crippen molar-refractivity contribution in [3.63, 3.8) is 0 Å². The molecule has 1 N–H and O–H groups in total. The maximum Gasteiger partial charge on any atom is 0.410 e. The topological polar surface area (TPSA) is 54.5 Å². The zero-order chi connectivity index (χ0) is 18.0. The monoisotopic (exact) mass is 345 g/mol. The summed E-state index contributed by atoms with van der Waals surface area (Å²) in [5, 5.41) is 2.69. The van der Waals surface area contributed by atoms with Crippen LogP contribution in [0.15, 0.2) is 18.5 Å². The number of hydrogen-bond donors (Lipinski definition) is 1. The molecule has 0 spiro atoms. The fourth-order valence-electron chi connectivity index (χ4n) is 2.47. The number of anilines is 1. The Balaban J connectivity index is 1.94. The van der Waals surface area contributed by atoms with E-state index in [2.05, 4.69) is 10.3 Å². The van der Waals surface area contributed by atoms with Crippen LogP contribution in [0.5, 0.6) is 0 Å². The van der Waals surface area contributed by atoms with Crippen molar-refractivity contribution in [2.75, 3.05) is 25.0 Å². The van der Waals surface area contributed by atoms with Crippen LogP contribution in [-0.2, 0) is 4.74 Å². The minimum Gasteiger partial charge on any atom is -0.444 e. The molecule has 24 heavy (non-hydrogen) atoms. The van der Waals surface area contributed by atoms with Gasteiger partial charge in [-0.25, -0.2) is 18.0 Å². The van der Waals surface area contributed by atoms with E-state index in [4.69, 9.17) is 4.74 Å². The second-order valence-electron chi connectivity index (χ2n) is 6.88. The number of ether oxygens (including phenoxy) is 1. The number of nitrogens with one attached hydrogen (secondary N) is 1. The molecule has 1 fully saturated rings. The molecule has 0 aliphatic carbocycles. The molecule has 1 aliphatic rings. The first-order chi connectivity index (χ1) is 11.1. The van der Waals surface area contributed by atoms with Gasteiger partial charge in [0.25, 0.3) is 5.92 Å². The van der Waals surface area contributed by atoms with E-state index >= 15 is 0 Å². The summed E-state index contributed by atoms with van der Waals surface area (Å²) in [5.41, 5.74) is -0.598. The summed E-state index contributed by atoms with van der Waals surface area (Å²) in [6.45, 7) is 4.44. The number of pyridine rings is 1. The van der Waals surface area contributed by atoms with E-state index in [0.717, 1.165) is 11.1 Å². The van der Waals surface area contributed by atoms with E-state index in [1.54, 1.807) is 20.8 Å². The third-order valence-corrected chi connectivity index (χ3v) is 3.71. The average Bonchev–Trinajstić information content (AvgIpc) is 2.45. The second-order valence-corrected chi connectivity index (χ2v) is 6.88. The van der Waals surface area contributed by atoms with Crippen LogP contribution >= 0.6 is 0 Å². The van der Waals surface area contributed by atoms with Crippen molar-refractivity contribution >= 4 is 11.8 Å². The van der Waals surface area contributed by atoms with E-state index in [0.29, 0.717) is 0 Å². The lowest BCUT2D eigenvalue weighted by molar-refractivity contribution is -0.106. The summed E-state index contributed by atoms with van der Waals surface area (Å²) >= 11 is 0. The first-order valence-electron chi connectivity index (χ1n) is 7.77. The third kappa shape index (κ3) is 4.75. The van der Waals surface area contributed by atoms with Crippen LogP contribution in [-0.4, -0.2) is 47.1 Å². The highest BCUT2D eigenvalue weighted by molar-refractivity contribution is 5.68. The Bertz CT molecular complexity index is 590. The number of piperidine rings is 1. The van der Waals surface area contributed by atoms with Crippen molar-refractivity contribution < 1.29 is 22.7 Å². The largest absolute Gasteiger partial charge is 0.444 e. The van der Waals surface area contributed by atoms with Gasteiger partial charge in [0.05, 0.1) is 18.4 Å². The minimum absolute atomic E-state index is 0.0872. The molecule has 134 valence electrons. The van der Waals surface area contributed by atoms with Crippen LogP contribution in [0.1, 0.15) is 27.2 Å². The van der Waals surface area contributed by atoms with Crippen molar-refractivity contribution in [2.24, 2.45) is 5.92 Å². The van der Waals surface area contributed by atoms with Gasteiger partial charge >= 0.3 is 6.09 Å². The van der Waals surface area contributed by atoms with Crippen LogP contribution in [0.25, 0.3) is 0 Å². The normalized spacial score (nSPS) is 20.6. The Labute approximate surface area is 139 Å². The van der Waals surface area contributed by atoms with Gasteiger partial charge in [0.15, 0.2) is 5.82 Å². The average molecular weight is 345 g/mol. The molecule has 1 aliphatic heterocycles. The van der Waals surface area contributed by atoms with Gasteiger partial charge < -0.3 is 15.0 Å². The molecule has 1 unspecified atom stereocenters. The predicted molar refractivity (Wildman–Crippen MR) is 83.5 cm³/mol. The van der Waals surface area contributed by atoms with Crippen molar-refractivity contribution in [2.45, 2.75) is 38.7 Å². The van der Waals surface area contributed by atoms with E-state index < -0.39 is 35.9 Å². The van der Waals surface area contributed by atoms with Crippen LogP contribution < -0.4 is 5.32 Å². The van der Waals surface area contributed by atoms with E-state index in [1.165, 1.54) is 12.3 Å². The minimum atomic E-state index is -3.08. The molecular weight excluding hydrogens is 323 g/mol. The van der Waals surface area contributed by atoms with Gasteiger partial charge in [0.2, 0.25) is 0 Å². The Morgan fingerprint density at radius 1 is 1.50 bits per heavy atom. The number of carbonyl (C=O) groups excluding carboxylic acids is 1. The maximum atomic E-state index is 14.3. The van der Waals surface area contributed by atoms with Gasteiger partial charge in [-0.05, 0) is 33.3 Å². The van der Waals surface area contributed by atoms with Gasteiger partial charge in [0, 0.05) is 25.2 Å². The van der Waals surface area contributed by atoms with Gasteiger partial charge in [-0.1, -0.05) is 0 Å². The Morgan fingerprint density at radius 2 is 2.21 bits per heavy atom. The number of amides is 1. The molecule has 0 aromatic carbocycles. The highest BCUT2D eigenvalue weighted by atomic mass is 19.3. The lowest BCUT2D eigenvalue weighted by Gasteiger charge is -2.38. The molecule has 2 heterocycles. The highest BCUT2D eigenvalue weighted by Crippen LogP contribution is 2.33. The molecule has 1 amide bonds. The summed E-state index contributed by atoms with van der Waals surface area (Å²) < 4.78 is 47.3. The summed E-state index contributed by atoms with van der Waals surface area (Å²) in [6.07, 6.45) is 1.76. The molecular formula is C16H22F3N3O2. The predicted octanol–water partition coefficient (Wildman–Crippen LogP) is 3.52. The molecule has 1 aromatic heterocycles. The Kier molecular flexibility index (Phi) is 5.25. The second kappa shape index (κ2) is 6.86. The fourth-order valence-corrected chi connectivity index (χ4v) is 2.47. The molecule has 0 bridgehead atoms. The number of halogens is 3. The lowest BCUT2D eigenvalue weighted by Crippen LogP contribution is -2.53. The molecule has 5 nitrogen and oxygen atoms in total. The zero-order valence-electron chi connectivity index (χ0n) is 14.0. The molecule has 0 saturated carbocycles. The zero-order valence-corrected chi connectivity index (χ0v) is 14.0. The van der Waals surface area contributed by atoms with Gasteiger partial charge in [-0.15, -0.1) is 0 Å². The number of nitrogens with zero attached hydrogens (tertiary/aromatic N) is 2. The number of rotatable bonds is 3. The van der Waals surface area contributed by atoms with Crippen LogP contribution in [0, 0.1) is 11.7 Å². The summed E-state index contributed by atoms with van der Waals surface area (Å²) in [6, 6.07) is 1.39. The van der Waals surface area contributed by atoms with Gasteiger partial charge in [-0.3, -0.25) is 4.98 Å². The number of carbonyl (C=O) groups is 1. The molecule has 1 saturated heterocycles. The maximum absolute atomic E-state index is 14.3. The Hall–Kier alpha value is -1.99. The number of aromatic nitrogens is 1. The van der Waals surface area contributed by atoms with Crippen LogP contribution in [0.4, 0.5) is 23.7 Å². The number of hydrogen-bond acceptors (Lipinski definition) is 4. The molecule has 2 rings (SSSR count). The first kappa shape index (κ1) is 18.4. The molecule has 8 heteroatoms. The fraction of sp³-hybridized carbons (Fsp3) is 0.625. The van der Waals surface area contributed by atoms with Crippen molar-refractivity contribution in [1.82, 2.24) is 9.88 Å². The van der Waals surface area contributed by atoms with E-state index in [9.17, 15) is 18.0 Å². The highest BCUT2D eigenvalue weighted by Gasteiger charge is 2.46. The summed E-state index contributed by atoms with van der Waals surface area (Å²) in [7, 11) is 0. The van der Waals surface area contributed by atoms with Crippen molar-refractivity contribution in [3.05, 3.63) is 24.3 Å². The Morgan fingerprint density at radius 3 is 2.79 bits per heavy atom. The van der Waals surface area contributed by atoms with Gasteiger partial charge in [-0.2, -0.15) is 0 Å². The van der Waals surface area contributed by atoms with E-state index in [1.807, 2.05) is 0 Å². The number of alkyl halides is 2. The SMILES string of the molecule is CC(C)(C)OC(=O)N1CCC(CNc2ccncc2F)C(F)(F)C1. The quantitative estimate of drug-likeness (QED) is 0.911. The lowest BCUT2D eigenvalue weighted by atomic mass is 9.93. The van der Waals surface area contributed by atoms with Gasteiger partial charge in [0.1, 0.15) is 5.60 Å². The summed E-state index contributed by atoms with van der Waals surface area (Å²) in [5.74, 6) is -4.66. The standard InChI is InChI=1S/C16H22F3N3O2/c1-15(2,3)24-14(23)22-7-5-11(16(18,19)10-22)8-21-13-4-6-20-9-12(13)17/h4,6,9,11H,5,7-8,10H2,1-3H3,(H,20,21). The van der Waals surface area contributed by atoms with Crippen molar-refractivity contribution in [1.29, 1.82) is 0 Å². The third-order valence-electron chi connectivity index (χ3n) is 3.71.